The molecule has 0 aliphatic heterocycles. The molecule has 4 heteroatoms. The second-order valence-corrected chi connectivity index (χ2v) is 5.01. The van der Waals surface area contributed by atoms with Crippen LogP contribution in [-0.4, -0.2) is 50.7 Å². The van der Waals surface area contributed by atoms with Crippen LogP contribution in [0.3, 0.4) is 0 Å². The molecule has 2 N–H and O–H groups in total. The van der Waals surface area contributed by atoms with Crippen molar-refractivity contribution in [1.29, 1.82) is 0 Å². The zero-order valence-electron chi connectivity index (χ0n) is 13.0. The summed E-state index contributed by atoms with van der Waals surface area (Å²) in [7, 11) is 0. The van der Waals surface area contributed by atoms with E-state index in [0.29, 0.717) is 25.7 Å². The molecule has 0 aromatic carbocycles. The first-order valence-corrected chi connectivity index (χ1v) is 7.78. The summed E-state index contributed by atoms with van der Waals surface area (Å²) in [6, 6.07) is 0. The van der Waals surface area contributed by atoms with E-state index in [1.54, 1.807) is 0 Å². The fourth-order valence-corrected chi connectivity index (χ4v) is 1.89. The first kappa shape index (κ1) is 18.8. The lowest BCUT2D eigenvalue weighted by atomic mass is 10.0. The number of hydrogen-bond acceptors (Lipinski definition) is 4. The average molecular weight is 275 g/mol. The van der Waals surface area contributed by atoms with Gasteiger partial charge in [-0.1, -0.05) is 33.1 Å². The first-order chi connectivity index (χ1) is 9.24. The molecule has 0 aromatic heterocycles. The molecule has 4 nitrogen and oxygen atoms in total. The lowest BCUT2D eigenvalue weighted by Gasteiger charge is -2.17. The third-order valence-electron chi connectivity index (χ3n) is 3.21. The molecule has 0 bridgehead atoms. The van der Waals surface area contributed by atoms with Gasteiger partial charge >= 0.3 is 0 Å². The minimum atomic E-state index is -0.426. The highest BCUT2D eigenvalue weighted by Crippen LogP contribution is 2.12. The van der Waals surface area contributed by atoms with Gasteiger partial charge in [-0.2, -0.15) is 0 Å². The van der Waals surface area contributed by atoms with E-state index in [2.05, 4.69) is 19.2 Å². The van der Waals surface area contributed by atoms with Gasteiger partial charge in [0, 0.05) is 26.3 Å². The summed E-state index contributed by atoms with van der Waals surface area (Å²) in [5.74, 6) is 0.637. The number of nitrogens with one attached hydrogen (secondary N) is 1. The van der Waals surface area contributed by atoms with Crippen LogP contribution in [0.4, 0.5) is 0 Å². The van der Waals surface area contributed by atoms with Crippen LogP contribution >= 0.6 is 0 Å². The van der Waals surface area contributed by atoms with E-state index in [1.807, 2.05) is 6.92 Å². The van der Waals surface area contributed by atoms with Crippen molar-refractivity contribution in [2.24, 2.45) is 5.92 Å². The van der Waals surface area contributed by atoms with Crippen molar-refractivity contribution >= 4 is 0 Å². The van der Waals surface area contributed by atoms with E-state index >= 15 is 0 Å². The van der Waals surface area contributed by atoms with Crippen LogP contribution < -0.4 is 5.32 Å². The van der Waals surface area contributed by atoms with Crippen molar-refractivity contribution < 1.29 is 14.6 Å². The molecular weight excluding hydrogens is 242 g/mol. The molecule has 0 heterocycles. The molecule has 0 spiro atoms. The second kappa shape index (κ2) is 14.3. The second-order valence-electron chi connectivity index (χ2n) is 5.01. The monoisotopic (exact) mass is 275 g/mol. The van der Waals surface area contributed by atoms with Gasteiger partial charge < -0.3 is 19.9 Å². The normalized spacial score (nSPS) is 14.5. The molecule has 0 rings (SSSR count). The Morgan fingerprint density at radius 1 is 1.11 bits per heavy atom. The average Bonchev–Trinajstić information content (AvgIpc) is 2.42. The summed E-state index contributed by atoms with van der Waals surface area (Å²) in [4.78, 5) is 0. The summed E-state index contributed by atoms with van der Waals surface area (Å²) in [5, 5.41) is 12.9. The summed E-state index contributed by atoms with van der Waals surface area (Å²) in [5.41, 5.74) is 0. The molecule has 19 heavy (non-hydrogen) atoms. The molecule has 0 aromatic rings. The fourth-order valence-electron chi connectivity index (χ4n) is 1.89. The van der Waals surface area contributed by atoms with Crippen molar-refractivity contribution in [3.63, 3.8) is 0 Å². The SMILES string of the molecule is CCCCC(CC)COCC(O)CNCCOCC. The van der Waals surface area contributed by atoms with Gasteiger partial charge in [0.05, 0.1) is 19.3 Å². The summed E-state index contributed by atoms with van der Waals surface area (Å²) in [6.07, 6.45) is 4.47. The summed E-state index contributed by atoms with van der Waals surface area (Å²) < 4.78 is 10.8. The number of ether oxygens (including phenoxy) is 2. The van der Waals surface area contributed by atoms with Crippen LogP contribution in [0.2, 0.25) is 0 Å². The van der Waals surface area contributed by atoms with E-state index in [0.717, 1.165) is 26.2 Å². The molecule has 2 unspecified atom stereocenters. The van der Waals surface area contributed by atoms with Gasteiger partial charge in [-0.3, -0.25) is 0 Å². The molecule has 0 aliphatic rings. The van der Waals surface area contributed by atoms with E-state index in [1.165, 1.54) is 19.3 Å². The summed E-state index contributed by atoms with van der Waals surface area (Å²) >= 11 is 0. The van der Waals surface area contributed by atoms with E-state index in [4.69, 9.17) is 9.47 Å². The molecule has 116 valence electrons. The van der Waals surface area contributed by atoms with Crippen LogP contribution in [0.15, 0.2) is 0 Å². The largest absolute Gasteiger partial charge is 0.389 e. The van der Waals surface area contributed by atoms with Gasteiger partial charge in [-0.25, -0.2) is 0 Å². The van der Waals surface area contributed by atoms with Gasteiger partial charge in [0.1, 0.15) is 0 Å². The Labute approximate surface area is 118 Å². The van der Waals surface area contributed by atoms with Crippen LogP contribution in [0, 0.1) is 5.92 Å². The topological polar surface area (TPSA) is 50.7 Å². The van der Waals surface area contributed by atoms with E-state index < -0.39 is 6.10 Å². The molecule has 0 aliphatic carbocycles. The number of aliphatic hydroxyl groups excluding tert-OH is 1. The molecule has 0 radical (unpaired) electrons. The molecule has 2 atom stereocenters. The Morgan fingerprint density at radius 3 is 2.53 bits per heavy atom. The maximum atomic E-state index is 9.74. The molecule has 0 fully saturated rings. The standard InChI is InChI=1S/C15H33NO3/c1-4-7-8-14(5-2)12-19-13-15(17)11-16-9-10-18-6-3/h14-17H,4-13H2,1-3H3. The minimum Gasteiger partial charge on any atom is -0.389 e. The third-order valence-corrected chi connectivity index (χ3v) is 3.21. The van der Waals surface area contributed by atoms with Crippen LogP contribution in [-0.2, 0) is 9.47 Å². The van der Waals surface area contributed by atoms with Gasteiger partial charge in [0.2, 0.25) is 0 Å². The Morgan fingerprint density at radius 2 is 1.89 bits per heavy atom. The third kappa shape index (κ3) is 12.6. The molecule has 0 saturated carbocycles. The molecule has 0 saturated heterocycles. The van der Waals surface area contributed by atoms with Crippen molar-refractivity contribution in [3.8, 4) is 0 Å². The maximum absolute atomic E-state index is 9.74. The Hall–Kier alpha value is -0.160. The molecule has 0 amide bonds. The lowest BCUT2D eigenvalue weighted by Crippen LogP contribution is -2.33. The highest BCUT2D eigenvalue weighted by molar-refractivity contribution is 4.60. The Kier molecular flexibility index (Phi) is 14.1. The van der Waals surface area contributed by atoms with Crippen LogP contribution in [0.25, 0.3) is 0 Å². The minimum absolute atomic E-state index is 0.421. The number of aliphatic hydroxyl groups is 1. The number of rotatable bonds is 14. The fraction of sp³-hybridized carbons (Fsp3) is 1.00. The summed E-state index contributed by atoms with van der Waals surface area (Å²) in [6.45, 7) is 10.4. The smallest absolute Gasteiger partial charge is 0.0897 e. The predicted molar refractivity (Wildman–Crippen MR) is 79.5 cm³/mol. The van der Waals surface area contributed by atoms with Crippen molar-refractivity contribution in [1.82, 2.24) is 5.32 Å². The van der Waals surface area contributed by atoms with Gasteiger partial charge in [0.25, 0.3) is 0 Å². The number of unbranched alkanes of at least 4 members (excludes halogenated alkanes) is 1. The highest BCUT2D eigenvalue weighted by Gasteiger charge is 2.08. The van der Waals surface area contributed by atoms with Crippen molar-refractivity contribution in [3.05, 3.63) is 0 Å². The Bertz CT molecular complexity index is 179. The zero-order chi connectivity index (χ0) is 14.3. The van der Waals surface area contributed by atoms with Gasteiger partial charge in [0.15, 0.2) is 0 Å². The van der Waals surface area contributed by atoms with Gasteiger partial charge in [-0.15, -0.1) is 0 Å². The van der Waals surface area contributed by atoms with Crippen LogP contribution in [0.5, 0.6) is 0 Å². The quantitative estimate of drug-likeness (QED) is 0.477. The number of hydrogen-bond donors (Lipinski definition) is 2. The maximum Gasteiger partial charge on any atom is 0.0897 e. The van der Waals surface area contributed by atoms with Crippen LogP contribution in [0.1, 0.15) is 46.5 Å². The van der Waals surface area contributed by atoms with E-state index in [9.17, 15) is 5.11 Å². The Balaban J connectivity index is 3.42. The van der Waals surface area contributed by atoms with Gasteiger partial charge in [-0.05, 0) is 19.3 Å². The van der Waals surface area contributed by atoms with Crippen molar-refractivity contribution in [2.75, 3.05) is 39.5 Å². The van der Waals surface area contributed by atoms with E-state index in [-0.39, 0.29) is 0 Å². The lowest BCUT2D eigenvalue weighted by molar-refractivity contribution is 0.0186. The zero-order valence-corrected chi connectivity index (χ0v) is 13.0. The molecular formula is C15H33NO3. The highest BCUT2D eigenvalue weighted by atomic mass is 16.5. The predicted octanol–water partition coefficient (Wildman–Crippen LogP) is 2.21. The van der Waals surface area contributed by atoms with Crippen molar-refractivity contribution in [2.45, 2.75) is 52.6 Å². The first-order valence-electron chi connectivity index (χ1n) is 7.78.